The maximum Gasteiger partial charge on any atom is 0.255 e. The first-order valence-corrected chi connectivity index (χ1v) is 9.53. The van der Waals surface area contributed by atoms with E-state index in [0.29, 0.717) is 6.07 Å². The molecule has 0 spiro atoms. The molecule has 0 saturated heterocycles. The number of rotatable bonds is 5. The van der Waals surface area contributed by atoms with E-state index >= 15 is 0 Å². The molecular formula is C17H13F2N3O5S. The van der Waals surface area contributed by atoms with Gasteiger partial charge in [-0.25, -0.2) is 17.2 Å². The molecule has 0 saturated carbocycles. The van der Waals surface area contributed by atoms with Gasteiger partial charge in [0.2, 0.25) is 15.5 Å². The van der Waals surface area contributed by atoms with Crippen molar-refractivity contribution in [1.82, 2.24) is 0 Å². The average molecular weight is 409 g/mol. The molecule has 8 nitrogen and oxygen atoms in total. The van der Waals surface area contributed by atoms with Crippen molar-refractivity contribution in [2.45, 2.75) is 0 Å². The van der Waals surface area contributed by atoms with Crippen LogP contribution in [0, 0.1) is 11.6 Å². The number of carbonyl (C=O) groups excluding carboxylic acids is 1. The van der Waals surface area contributed by atoms with Gasteiger partial charge in [0.1, 0.15) is 29.0 Å². The fourth-order valence-corrected chi connectivity index (χ4v) is 3.04. The number of benzene rings is 2. The number of sulfonamides is 1. The minimum atomic E-state index is -3.75. The van der Waals surface area contributed by atoms with Crippen LogP contribution in [0.3, 0.4) is 0 Å². The van der Waals surface area contributed by atoms with Gasteiger partial charge in [0.05, 0.1) is 28.7 Å². The molecule has 0 atom stereocenters. The van der Waals surface area contributed by atoms with Gasteiger partial charge in [-0.05, 0) is 18.2 Å². The van der Waals surface area contributed by atoms with E-state index in [1.807, 2.05) is 0 Å². The van der Waals surface area contributed by atoms with Crippen LogP contribution in [0.4, 0.5) is 25.8 Å². The van der Waals surface area contributed by atoms with E-state index < -0.39 is 38.6 Å². The predicted molar refractivity (Wildman–Crippen MR) is 99.1 cm³/mol. The molecule has 0 radical (unpaired) electrons. The fraction of sp³-hybridized carbons (Fsp3) is 0.0588. The highest BCUT2D eigenvalue weighted by Crippen LogP contribution is 2.31. The largest absolute Gasteiger partial charge is 0.463 e. The molecule has 146 valence electrons. The molecule has 0 unspecified atom stereocenters. The summed E-state index contributed by atoms with van der Waals surface area (Å²) in [6.45, 7) is 0. The molecule has 0 aliphatic carbocycles. The van der Waals surface area contributed by atoms with Crippen LogP contribution >= 0.6 is 0 Å². The number of carbonyl (C=O) groups is 1. The number of amides is 1. The third kappa shape index (κ3) is 3.93. The molecule has 0 aliphatic rings. The Kier molecular flexibility index (Phi) is 4.77. The quantitative estimate of drug-likeness (QED) is 0.592. The lowest BCUT2D eigenvalue weighted by atomic mass is 10.1. The van der Waals surface area contributed by atoms with E-state index in [0.717, 1.165) is 24.7 Å². The first-order chi connectivity index (χ1) is 13.0. The molecule has 4 N–H and O–H groups in total. The van der Waals surface area contributed by atoms with Crippen LogP contribution in [0.2, 0.25) is 0 Å². The highest BCUT2D eigenvalue weighted by atomic mass is 32.2. The Bertz CT molecular complexity index is 1270. The molecule has 3 aromatic rings. The molecule has 1 amide bonds. The summed E-state index contributed by atoms with van der Waals surface area (Å²) in [5.74, 6) is -2.75. The summed E-state index contributed by atoms with van der Waals surface area (Å²) in [5.41, 5.74) is 3.67. The second-order valence-electron chi connectivity index (χ2n) is 5.86. The van der Waals surface area contributed by atoms with Gasteiger partial charge in [-0.1, -0.05) is 0 Å². The molecule has 28 heavy (non-hydrogen) atoms. The van der Waals surface area contributed by atoms with Crippen LogP contribution in [0.5, 0.6) is 0 Å². The average Bonchev–Trinajstić information content (AvgIpc) is 2.57. The molecule has 2 aromatic carbocycles. The topological polar surface area (TPSA) is 132 Å². The van der Waals surface area contributed by atoms with Gasteiger partial charge in [-0.3, -0.25) is 14.3 Å². The number of nitrogens with one attached hydrogen (secondary N) is 2. The molecular weight excluding hydrogens is 396 g/mol. The van der Waals surface area contributed by atoms with E-state index in [-0.39, 0.29) is 28.0 Å². The number of halogens is 2. The van der Waals surface area contributed by atoms with Gasteiger partial charge in [0.15, 0.2) is 0 Å². The summed E-state index contributed by atoms with van der Waals surface area (Å²) in [7, 11) is -3.75. The third-order valence-corrected chi connectivity index (χ3v) is 4.26. The van der Waals surface area contributed by atoms with Crippen LogP contribution in [0.1, 0.15) is 10.4 Å². The Labute approximate surface area is 157 Å². The van der Waals surface area contributed by atoms with E-state index in [2.05, 4.69) is 10.0 Å². The van der Waals surface area contributed by atoms with Crippen LogP contribution in [0.25, 0.3) is 11.0 Å². The van der Waals surface area contributed by atoms with Crippen LogP contribution in [-0.2, 0) is 10.0 Å². The number of primary amides is 1. The molecule has 1 aromatic heterocycles. The predicted octanol–water partition coefficient (Wildman–Crippen LogP) is 2.29. The summed E-state index contributed by atoms with van der Waals surface area (Å²) < 4.78 is 57.8. The first kappa shape index (κ1) is 19.3. The lowest BCUT2D eigenvalue weighted by Gasteiger charge is -2.14. The Morgan fingerprint density at radius 2 is 1.82 bits per heavy atom. The van der Waals surface area contributed by atoms with E-state index in [1.54, 1.807) is 0 Å². The summed E-state index contributed by atoms with van der Waals surface area (Å²) >= 11 is 0. The van der Waals surface area contributed by atoms with Gasteiger partial charge in [0.25, 0.3) is 5.91 Å². The highest BCUT2D eigenvalue weighted by molar-refractivity contribution is 7.92. The van der Waals surface area contributed by atoms with Gasteiger partial charge in [0, 0.05) is 12.1 Å². The molecule has 0 bridgehead atoms. The first-order valence-electron chi connectivity index (χ1n) is 7.64. The highest BCUT2D eigenvalue weighted by Gasteiger charge is 2.17. The standard InChI is InChI=1S/C17H13F2N3O5S/c1-28(25,26)22-14-6-15-9(16(23)10(7-27-15)17(20)24)5-13(14)21-12-3-2-8(18)4-11(12)19/h2-7,21-22H,1H3,(H2,20,24). The van der Waals surface area contributed by atoms with Crippen molar-refractivity contribution in [2.75, 3.05) is 16.3 Å². The summed E-state index contributed by atoms with van der Waals surface area (Å²) in [4.78, 5) is 23.8. The van der Waals surface area contributed by atoms with Crippen molar-refractivity contribution >= 4 is 44.0 Å². The van der Waals surface area contributed by atoms with Crippen molar-refractivity contribution in [1.29, 1.82) is 0 Å². The Balaban J connectivity index is 2.23. The van der Waals surface area contributed by atoms with Gasteiger partial charge < -0.3 is 15.5 Å². The van der Waals surface area contributed by atoms with E-state index in [1.165, 1.54) is 12.1 Å². The zero-order valence-corrected chi connectivity index (χ0v) is 15.1. The number of anilines is 3. The van der Waals surface area contributed by atoms with Crippen molar-refractivity contribution in [3.05, 3.63) is 64.0 Å². The van der Waals surface area contributed by atoms with E-state index in [4.69, 9.17) is 10.2 Å². The maximum absolute atomic E-state index is 14.0. The molecule has 1 heterocycles. The Morgan fingerprint density at radius 3 is 2.43 bits per heavy atom. The van der Waals surface area contributed by atoms with Crippen molar-refractivity contribution in [3.8, 4) is 0 Å². The third-order valence-electron chi connectivity index (χ3n) is 3.67. The Hall–Kier alpha value is -3.47. The number of nitrogens with two attached hydrogens (primary N) is 1. The summed E-state index contributed by atoms with van der Waals surface area (Å²) in [6.07, 6.45) is 1.76. The zero-order valence-electron chi connectivity index (χ0n) is 14.2. The minimum absolute atomic E-state index is 0.0302. The Morgan fingerprint density at radius 1 is 1.11 bits per heavy atom. The lowest BCUT2D eigenvalue weighted by Crippen LogP contribution is -2.21. The molecule has 3 rings (SSSR count). The SMILES string of the molecule is CS(=O)(=O)Nc1cc2occ(C(N)=O)c(=O)c2cc1Nc1ccc(F)cc1F. The fourth-order valence-electron chi connectivity index (χ4n) is 2.47. The minimum Gasteiger partial charge on any atom is -0.463 e. The molecule has 0 aliphatic heterocycles. The lowest BCUT2D eigenvalue weighted by molar-refractivity contribution is 0.0997. The number of hydrogen-bond donors (Lipinski definition) is 3. The number of fused-ring (bicyclic) bond motifs is 1. The van der Waals surface area contributed by atoms with Crippen molar-refractivity contribution in [3.63, 3.8) is 0 Å². The van der Waals surface area contributed by atoms with Crippen LogP contribution < -0.4 is 21.2 Å². The van der Waals surface area contributed by atoms with Gasteiger partial charge in [-0.15, -0.1) is 0 Å². The molecule has 0 fully saturated rings. The van der Waals surface area contributed by atoms with Gasteiger partial charge in [-0.2, -0.15) is 0 Å². The van der Waals surface area contributed by atoms with Gasteiger partial charge >= 0.3 is 0 Å². The van der Waals surface area contributed by atoms with Crippen molar-refractivity contribution < 1.29 is 26.4 Å². The van der Waals surface area contributed by atoms with Crippen LogP contribution in [0.15, 0.2) is 45.8 Å². The monoisotopic (exact) mass is 409 g/mol. The second kappa shape index (κ2) is 6.93. The van der Waals surface area contributed by atoms with Crippen LogP contribution in [-0.4, -0.2) is 20.6 Å². The summed E-state index contributed by atoms with van der Waals surface area (Å²) in [5, 5.41) is 2.50. The smallest absolute Gasteiger partial charge is 0.255 e. The van der Waals surface area contributed by atoms with Crippen molar-refractivity contribution in [2.24, 2.45) is 5.73 Å². The zero-order chi connectivity index (χ0) is 20.6. The maximum atomic E-state index is 14.0. The number of hydrogen-bond acceptors (Lipinski definition) is 6. The summed E-state index contributed by atoms with van der Waals surface area (Å²) in [6, 6.07) is 5.08. The second-order valence-corrected chi connectivity index (χ2v) is 7.61. The molecule has 11 heteroatoms. The van der Waals surface area contributed by atoms with E-state index in [9.17, 15) is 26.8 Å². The normalized spacial score (nSPS) is 11.4.